The largest absolute Gasteiger partial charge is 0.544 e. The molecule has 0 fully saturated rings. The summed E-state index contributed by atoms with van der Waals surface area (Å²) >= 11 is 0. The average molecular weight is 205 g/mol. The highest BCUT2D eigenvalue weighted by Crippen LogP contribution is 2.27. The number of carbonyl (C=O) groups is 1. The molecule has 2 unspecified atom stereocenters. The molecule has 0 radical (unpaired) electrons. The molecule has 0 saturated heterocycles. The SMILES string of the molecule is CC(O)C(C(=O)[O-])(C(C)O)[N+](C)(C)C. The lowest BCUT2D eigenvalue weighted by Crippen LogP contribution is -2.75. The summed E-state index contributed by atoms with van der Waals surface area (Å²) in [4.78, 5) is 11.1. The first-order valence-corrected chi connectivity index (χ1v) is 4.47. The van der Waals surface area contributed by atoms with Crippen LogP contribution in [0.5, 0.6) is 0 Å². The first-order chi connectivity index (χ1) is 6.08. The molecule has 0 heterocycles. The van der Waals surface area contributed by atoms with Crippen molar-refractivity contribution in [1.29, 1.82) is 0 Å². The number of quaternary nitrogens is 1. The maximum Gasteiger partial charge on any atom is 0.190 e. The van der Waals surface area contributed by atoms with E-state index in [4.69, 9.17) is 0 Å². The molecule has 2 N–H and O–H groups in total. The van der Waals surface area contributed by atoms with Gasteiger partial charge in [0, 0.05) is 0 Å². The lowest BCUT2D eigenvalue weighted by Gasteiger charge is -2.50. The Labute approximate surface area is 84.2 Å². The van der Waals surface area contributed by atoms with Crippen LogP contribution in [0.15, 0.2) is 0 Å². The van der Waals surface area contributed by atoms with Gasteiger partial charge in [-0.05, 0) is 13.8 Å². The fourth-order valence-electron chi connectivity index (χ4n) is 2.09. The molecular weight excluding hydrogens is 186 g/mol. The average Bonchev–Trinajstić information content (AvgIpc) is 1.79. The molecule has 5 heteroatoms. The summed E-state index contributed by atoms with van der Waals surface area (Å²) in [5.74, 6) is -1.45. The molecule has 5 nitrogen and oxygen atoms in total. The summed E-state index contributed by atoms with van der Waals surface area (Å²) in [6, 6.07) is 0. The van der Waals surface area contributed by atoms with E-state index in [1.807, 2.05) is 0 Å². The zero-order chi connectivity index (χ0) is 11.7. The molecule has 0 aromatic heterocycles. The number of carboxylic acid groups (broad SMARTS) is 1. The minimum atomic E-state index is -1.71. The predicted octanol–water partition coefficient (Wildman–Crippen LogP) is -2.06. The van der Waals surface area contributed by atoms with Gasteiger partial charge in [0.05, 0.1) is 21.1 Å². The van der Waals surface area contributed by atoms with Crippen molar-refractivity contribution in [3.05, 3.63) is 0 Å². The van der Waals surface area contributed by atoms with Crippen LogP contribution in [0, 0.1) is 0 Å². The van der Waals surface area contributed by atoms with Gasteiger partial charge in [-0.3, -0.25) is 0 Å². The minimum Gasteiger partial charge on any atom is -0.544 e. The van der Waals surface area contributed by atoms with Crippen molar-refractivity contribution in [2.24, 2.45) is 0 Å². The zero-order valence-electron chi connectivity index (χ0n) is 9.31. The Morgan fingerprint density at radius 3 is 1.50 bits per heavy atom. The van der Waals surface area contributed by atoms with Gasteiger partial charge in [0.25, 0.3) is 0 Å². The highest BCUT2D eigenvalue weighted by atomic mass is 16.4. The molecule has 84 valence electrons. The van der Waals surface area contributed by atoms with Crippen molar-refractivity contribution in [2.45, 2.75) is 31.6 Å². The molecule has 0 bridgehead atoms. The van der Waals surface area contributed by atoms with Crippen LogP contribution in [0.4, 0.5) is 0 Å². The first-order valence-electron chi connectivity index (χ1n) is 4.47. The van der Waals surface area contributed by atoms with Crippen LogP contribution in [0.3, 0.4) is 0 Å². The number of aliphatic hydroxyl groups excluding tert-OH is 2. The fraction of sp³-hybridized carbons (Fsp3) is 0.889. The van der Waals surface area contributed by atoms with Gasteiger partial charge in [-0.15, -0.1) is 0 Å². The Bertz CT molecular complexity index is 209. The molecule has 0 aliphatic carbocycles. The Morgan fingerprint density at radius 2 is 1.50 bits per heavy atom. The highest BCUT2D eigenvalue weighted by molar-refractivity contribution is 5.77. The van der Waals surface area contributed by atoms with Crippen LogP contribution in [0.2, 0.25) is 0 Å². The number of hydrogen-bond donors (Lipinski definition) is 2. The van der Waals surface area contributed by atoms with E-state index in [0.717, 1.165) is 0 Å². The molecule has 0 aromatic rings. The third kappa shape index (κ3) is 1.75. The topological polar surface area (TPSA) is 80.6 Å². The van der Waals surface area contributed by atoms with E-state index in [1.165, 1.54) is 13.8 Å². The summed E-state index contributed by atoms with van der Waals surface area (Å²) < 4.78 is -0.106. The van der Waals surface area contributed by atoms with Crippen molar-refractivity contribution < 1.29 is 24.6 Å². The van der Waals surface area contributed by atoms with Crippen molar-refractivity contribution >= 4 is 5.97 Å². The third-order valence-corrected chi connectivity index (χ3v) is 2.71. The number of rotatable bonds is 4. The van der Waals surface area contributed by atoms with Crippen LogP contribution in [-0.4, -0.2) is 59.6 Å². The Morgan fingerprint density at radius 1 is 1.21 bits per heavy atom. The van der Waals surface area contributed by atoms with Crippen molar-refractivity contribution in [1.82, 2.24) is 0 Å². The monoisotopic (exact) mass is 205 g/mol. The van der Waals surface area contributed by atoms with E-state index < -0.39 is 23.7 Å². The van der Waals surface area contributed by atoms with E-state index in [2.05, 4.69) is 0 Å². The molecule has 0 saturated carbocycles. The Balaban J connectivity index is 5.53. The second kappa shape index (κ2) is 3.84. The van der Waals surface area contributed by atoms with Gasteiger partial charge in [0.1, 0.15) is 18.2 Å². The van der Waals surface area contributed by atoms with Gasteiger partial charge in [0.15, 0.2) is 5.54 Å². The van der Waals surface area contributed by atoms with Crippen LogP contribution < -0.4 is 5.11 Å². The van der Waals surface area contributed by atoms with Gasteiger partial charge in [-0.1, -0.05) is 0 Å². The Hall–Kier alpha value is -0.650. The number of nitrogens with zero attached hydrogens (tertiary/aromatic N) is 1. The summed E-state index contributed by atoms with van der Waals surface area (Å²) in [5, 5.41) is 30.2. The highest BCUT2D eigenvalue weighted by Gasteiger charge is 2.53. The van der Waals surface area contributed by atoms with E-state index in [1.54, 1.807) is 21.1 Å². The molecule has 0 spiro atoms. The maximum atomic E-state index is 11.1. The van der Waals surface area contributed by atoms with E-state index in [-0.39, 0.29) is 4.48 Å². The van der Waals surface area contributed by atoms with E-state index in [9.17, 15) is 20.1 Å². The third-order valence-electron chi connectivity index (χ3n) is 2.71. The lowest BCUT2D eigenvalue weighted by molar-refractivity contribution is -0.924. The number of aliphatic carboxylic acids is 1. The number of carboxylic acids is 1. The van der Waals surface area contributed by atoms with Gasteiger partial charge in [-0.2, -0.15) is 0 Å². The predicted molar refractivity (Wildman–Crippen MR) is 49.1 cm³/mol. The minimum absolute atomic E-state index is 0.106. The van der Waals surface area contributed by atoms with Crippen LogP contribution in [0.1, 0.15) is 13.8 Å². The van der Waals surface area contributed by atoms with Gasteiger partial charge < -0.3 is 24.6 Å². The molecule has 0 rings (SSSR count). The van der Waals surface area contributed by atoms with Gasteiger partial charge in [-0.25, -0.2) is 0 Å². The summed E-state index contributed by atoms with van der Waals surface area (Å²) in [6.07, 6.45) is -2.40. The summed E-state index contributed by atoms with van der Waals surface area (Å²) in [6.45, 7) is 2.68. The molecule has 0 aliphatic rings. The maximum absolute atomic E-state index is 11.1. The van der Waals surface area contributed by atoms with Crippen molar-refractivity contribution in [3.8, 4) is 0 Å². The summed E-state index contributed by atoms with van der Waals surface area (Å²) in [5.41, 5.74) is -1.71. The van der Waals surface area contributed by atoms with Crippen molar-refractivity contribution in [2.75, 3.05) is 21.1 Å². The zero-order valence-corrected chi connectivity index (χ0v) is 9.31. The molecule has 0 aliphatic heterocycles. The van der Waals surface area contributed by atoms with Crippen LogP contribution >= 0.6 is 0 Å². The van der Waals surface area contributed by atoms with Crippen molar-refractivity contribution in [3.63, 3.8) is 0 Å². The fourth-order valence-corrected chi connectivity index (χ4v) is 2.09. The summed E-state index contributed by atoms with van der Waals surface area (Å²) in [7, 11) is 4.78. The van der Waals surface area contributed by atoms with Crippen LogP contribution in [0.25, 0.3) is 0 Å². The second-order valence-electron chi connectivity index (χ2n) is 4.48. The molecule has 0 amide bonds. The number of carbonyl (C=O) groups excluding carboxylic acids is 1. The quantitative estimate of drug-likeness (QED) is 0.517. The second-order valence-corrected chi connectivity index (χ2v) is 4.48. The Kier molecular flexibility index (Phi) is 3.66. The first kappa shape index (κ1) is 13.4. The van der Waals surface area contributed by atoms with Gasteiger partial charge in [0.2, 0.25) is 0 Å². The van der Waals surface area contributed by atoms with Gasteiger partial charge >= 0.3 is 0 Å². The number of aliphatic hydroxyl groups is 2. The molecule has 14 heavy (non-hydrogen) atoms. The number of likely N-dealkylation sites (N-methyl/N-ethyl adjacent to an activating group) is 1. The molecular formula is C9H19NO4. The number of hydrogen-bond acceptors (Lipinski definition) is 4. The standard InChI is InChI=1S/C9H19NO4/c1-6(11)9(7(2)12,8(13)14)10(3,4)5/h6-7,11-12H,1-5H3. The van der Waals surface area contributed by atoms with Crippen LogP contribution in [-0.2, 0) is 4.79 Å². The lowest BCUT2D eigenvalue weighted by atomic mass is 9.84. The molecule has 0 aromatic carbocycles. The normalized spacial score (nSPS) is 21.1. The van der Waals surface area contributed by atoms with E-state index in [0.29, 0.717) is 0 Å². The molecule has 2 atom stereocenters. The smallest absolute Gasteiger partial charge is 0.190 e. The van der Waals surface area contributed by atoms with E-state index >= 15 is 0 Å².